The first-order valence-electron chi connectivity index (χ1n) is 11.4. The highest BCUT2D eigenvalue weighted by atomic mass is 19.1. The maximum absolute atomic E-state index is 14.1. The predicted molar refractivity (Wildman–Crippen MR) is 131 cm³/mol. The molecule has 11 heteroatoms. The number of halogens is 1. The molecule has 0 aliphatic carbocycles. The molecule has 3 aromatic heterocycles. The summed E-state index contributed by atoms with van der Waals surface area (Å²) in [6.45, 7) is 5.59. The molecule has 1 fully saturated rings. The molecule has 0 amide bonds. The minimum atomic E-state index is -0.631. The van der Waals surface area contributed by atoms with E-state index in [0.717, 1.165) is 16.5 Å². The molecular weight excluding hydrogens is 451 g/mol. The molecule has 1 aromatic carbocycles. The van der Waals surface area contributed by atoms with Crippen LogP contribution in [0.3, 0.4) is 0 Å². The van der Waals surface area contributed by atoms with Crippen molar-refractivity contribution in [1.82, 2.24) is 24.7 Å². The lowest BCUT2D eigenvalue weighted by Crippen LogP contribution is -2.49. The molecular formula is C24H25FN8O2. The lowest BCUT2D eigenvalue weighted by molar-refractivity contribution is -0.488. The number of nitrogens with one attached hydrogen (secondary N) is 1. The maximum atomic E-state index is 14.1. The van der Waals surface area contributed by atoms with E-state index in [-0.39, 0.29) is 28.8 Å². The highest BCUT2D eigenvalue weighted by Gasteiger charge is 2.32. The summed E-state index contributed by atoms with van der Waals surface area (Å²) >= 11 is 0. The third-order valence-electron chi connectivity index (χ3n) is 6.18. The van der Waals surface area contributed by atoms with Crippen LogP contribution in [0.1, 0.15) is 25.3 Å². The van der Waals surface area contributed by atoms with Crippen LogP contribution in [0.5, 0.6) is 0 Å². The first-order chi connectivity index (χ1) is 16.8. The fourth-order valence-electron chi connectivity index (χ4n) is 4.49. The molecule has 1 saturated heterocycles. The topological polar surface area (TPSA) is 115 Å². The number of benzene rings is 1. The maximum Gasteiger partial charge on any atom is 0.243 e. The van der Waals surface area contributed by atoms with Gasteiger partial charge in [0.1, 0.15) is 11.6 Å². The van der Waals surface area contributed by atoms with Gasteiger partial charge in [-0.2, -0.15) is 4.39 Å². The number of hydrogen-bond donors (Lipinski definition) is 1. The van der Waals surface area contributed by atoms with E-state index in [1.54, 1.807) is 19.3 Å². The Labute approximate surface area is 201 Å². The second-order valence-corrected chi connectivity index (χ2v) is 9.13. The Bertz CT molecular complexity index is 1410. The summed E-state index contributed by atoms with van der Waals surface area (Å²) in [6, 6.07) is 7.86. The normalized spacial score (nSPS) is 13.9. The monoisotopic (exact) mass is 476 g/mol. The molecule has 1 N–H and O–H groups in total. The van der Waals surface area contributed by atoms with Crippen LogP contribution in [0.25, 0.3) is 22.2 Å². The Morgan fingerprint density at radius 3 is 2.69 bits per heavy atom. The first-order valence-corrected chi connectivity index (χ1v) is 11.4. The summed E-state index contributed by atoms with van der Waals surface area (Å²) in [7, 11) is 1.64. The fraction of sp³-hybridized carbons (Fsp3) is 0.333. The van der Waals surface area contributed by atoms with E-state index in [0.29, 0.717) is 30.6 Å². The van der Waals surface area contributed by atoms with Crippen LogP contribution in [0.15, 0.2) is 42.9 Å². The lowest BCUT2D eigenvalue weighted by Gasteiger charge is -2.39. The molecule has 5 rings (SSSR count). The molecule has 4 heterocycles. The number of hydrogen-bond acceptors (Lipinski definition) is 8. The van der Waals surface area contributed by atoms with Crippen LogP contribution in [-0.4, -0.2) is 49.3 Å². The molecule has 10 nitrogen and oxygen atoms in total. The predicted octanol–water partition coefficient (Wildman–Crippen LogP) is 4.14. The molecule has 35 heavy (non-hydrogen) atoms. The number of anilines is 3. The van der Waals surface area contributed by atoms with Crippen molar-refractivity contribution in [3.8, 4) is 11.4 Å². The smallest absolute Gasteiger partial charge is 0.243 e. The Hall–Kier alpha value is -4.15. The number of nitrogens with zero attached hydrogens (tertiary/aromatic N) is 7. The van der Waals surface area contributed by atoms with E-state index in [1.807, 2.05) is 12.3 Å². The molecule has 1 aliphatic heterocycles. The summed E-state index contributed by atoms with van der Waals surface area (Å²) in [5, 5.41) is 19.8. The number of rotatable bonds is 7. The van der Waals surface area contributed by atoms with Gasteiger partial charge in [-0.15, -0.1) is 5.10 Å². The highest BCUT2D eigenvalue weighted by Crippen LogP contribution is 2.37. The van der Waals surface area contributed by atoms with Crippen molar-refractivity contribution in [3.05, 3.63) is 64.5 Å². The molecule has 0 bridgehead atoms. The van der Waals surface area contributed by atoms with Crippen LogP contribution in [0.2, 0.25) is 0 Å². The molecule has 0 saturated carbocycles. The molecule has 4 aromatic rings. The van der Waals surface area contributed by atoms with E-state index in [4.69, 9.17) is 0 Å². The second kappa shape index (κ2) is 8.90. The van der Waals surface area contributed by atoms with Crippen molar-refractivity contribution < 1.29 is 9.31 Å². The number of aromatic nitrogens is 5. The van der Waals surface area contributed by atoms with E-state index < -0.39 is 5.95 Å². The van der Waals surface area contributed by atoms with Gasteiger partial charge < -0.3 is 10.2 Å². The van der Waals surface area contributed by atoms with Gasteiger partial charge in [-0.05, 0) is 35.1 Å². The molecule has 180 valence electrons. The second-order valence-electron chi connectivity index (χ2n) is 9.13. The summed E-state index contributed by atoms with van der Waals surface area (Å²) in [5.41, 5.74) is 2.43. The third kappa shape index (κ3) is 4.48. The summed E-state index contributed by atoms with van der Waals surface area (Å²) in [6.07, 6.45) is 4.91. The zero-order chi connectivity index (χ0) is 24.7. The van der Waals surface area contributed by atoms with Crippen LogP contribution in [0, 0.1) is 22.0 Å². The molecule has 0 unspecified atom stereocenters. The molecule has 0 spiro atoms. The first kappa shape index (κ1) is 22.6. The van der Waals surface area contributed by atoms with Crippen molar-refractivity contribution in [3.63, 3.8) is 0 Å². The van der Waals surface area contributed by atoms with Crippen LogP contribution in [0.4, 0.5) is 21.7 Å². The van der Waals surface area contributed by atoms with Crippen molar-refractivity contribution in [2.24, 2.45) is 13.0 Å². The highest BCUT2D eigenvalue weighted by molar-refractivity contribution is 5.98. The molecule has 1 aliphatic rings. The minimum Gasteiger partial charge on any atom is -0.370 e. The van der Waals surface area contributed by atoms with Crippen molar-refractivity contribution in [1.29, 1.82) is 0 Å². The summed E-state index contributed by atoms with van der Waals surface area (Å²) in [4.78, 5) is 25.9. The fourth-order valence-corrected chi connectivity index (χ4v) is 4.49. The van der Waals surface area contributed by atoms with Crippen molar-refractivity contribution >= 4 is 28.1 Å². The number of nitro groups is 1. The number of fused-ring (bicyclic) bond motifs is 1. The van der Waals surface area contributed by atoms with Gasteiger partial charge >= 0.3 is 0 Å². The minimum absolute atomic E-state index is 0.00527. The van der Waals surface area contributed by atoms with Gasteiger partial charge in [0.25, 0.3) is 0 Å². The van der Waals surface area contributed by atoms with Gasteiger partial charge in [-0.3, -0.25) is 14.8 Å². The van der Waals surface area contributed by atoms with Gasteiger partial charge in [0, 0.05) is 54.7 Å². The summed E-state index contributed by atoms with van der Waals surface area (Å²) in [5.74, 6) is 1.04. The van der Waals surface area contributed by atoms with Crippen LogP contribution >= 0.6 is 0 Å². The van der Waals surface area contributed by atoms with Crippen molar-refractivity contribution in [2.45, 2.75) is 19.8 Å². The average Bonchev–Trinajstić information content (AvgIpc) is 3.13. The Balaban J connectivity index is 1.45. The number of aryl methyl sites for hydroxylation is 1. The van der Waals surface area contributed by atoms with E-state index >= 15 is 0 Å². The van der Waals surface area contributed by atoms with Gasteiger partial charge in [0.2, 0.25) is 12.5 Å². The largest absolute Gasteiger partial charge is 0.370 e. The van der Waals surface area contributed by atoms with Gasteiger partial charge in [0.05, 0.1) is 11.5 Å². The van der Waals surface area contributed by atoms with E-state index in [1.165, 1.54) is 16.4 Å². The third-order valence-corrected chi connectivity index (χ3v) is 6.18. The van der Waals surface area contributed by atoms with Gasteiger partial charge in [0.15, 0.2) is 5.82 Å². The average molecular weight is 477 g/mol. The zero-order valence-corrected chi connectivity index (χ0v) is 19.6. The lowest BCUT2D eigenvalue weighted by atomic mass is 9.93. The quantitative estimate of drug-likeness (QED) is 0.313. The molecule has 0 radical (unpaired) electrons. The van der Waals surface area contributed by atoms with E-state index in [2.05, 4.69) is 56.2 Å². The standard InChI is InChI=1S/C24H25FN8O2/c1-14(2)16-4-5-20(32-10-15(11-32)12-33(34)35)18-9-27-22(8-17(16)18)28-21-6-7-26-24(29-21)19-13-31(3)30-23(19)25/h4-9,13-15H,10-12H2,1-3H3,(H,26,27,28,29). The van der Waals surface area contributed by atoms with Crippen LogP contribution < -0.4 is 10.2 Å². The summed E-state index contributed by atoms with van der Waals surface area (Å²) < 4.78 is 15.5. The zero-order valence-electron chi connectivity index (χ0n) is 19.6. The number of pyridine rings is 1. The van der Waals surface area contributed by atoms with Crippen molar-refractivity contribution in [2.75, 3.05) is 29.9 Å². The Morgan fingerprint density at radius 1 is 1.20 bits per heavy atom. The van der Waals surface area contributed by atoms with Crippen LogP contribution in [-0.2, 0) is 7.05 Å². The van der Waals surface area contributed by atoms with Gasteiger partial charge in [-0.25, -0.2) is 15.0 Å². The molecule has 0 atom stereocenters. The SMILES string of the molecule is CC(C)c1ccc(N2CC(C[N+](=O)[O-])C2)c2cnc(Nc3ccnc(-c4cn(C)nc4F)n3)cc12. The Morgan fingerprint density at radius 2 is 2.00 bits per heavy atom. The Kier molecular flexibility index (Phi) is 5.75. The van der Waals surface area contributed by atoms with Gasteiger partial charge in [-0.1, -0.05) is 19.9 Å². The van der Waals surface area contributed by atoms with E-state index in [9.17, 15) is 14.5 Å².